The summed E-state index contributed by atoms with van der Waals surface area (Å²) >= 11 is 0. The highest BCUT2D eigenvalue weighted by molar-refractivity contribution is 5.94. The van der Waals surface area contributed by atoms with Crippen LogP contribution in [0.2, 0.25) is 0 Å². The lowest BCUT2D eigenvalue weighted by Gasteiger charge is -2.09. The van der Waals surface area contributed by atoms with E-state index in [1.807, 2.05) is 6.92 Å². The highest BCUT2D eigenvalue weighted by Crippen LogP contribution is 2.10. The van der Waals surface area contributed by atoms with Gasteiger partial charge in [0.1, 0.15) is 5.82 Å². The average molecular weight is 280 g/mol. The molecule has 0 fully saturated rings. The molecule has 0 aliphatic rings. The Labute approximate surface area is 120 Å². The maximum atomic E-state index is 12.0. The number of nitrogens with zero attached hydrogens (tertiary/aromatic N) is 1. The molecule has 0 spiro atoms. The second-order valence-corrected chi connectivity index (χ2v) is 4.45. The predicted molar refractivity (Wildman–Crippen MR) is 79.5 cm³/mol. The second kappa shape index (κ2) is 9.28. The quantitative estimate of drug-likeness (QED) is 0.362. The van der Waals surface area contributed by atoms with Gasteiger partial charge in [-0.3, -0.25) is 4.79 Å². The van der Waals surface area contributed by atoms with Crippen molar-refractivity contribution in [1.82, 2.24) is 10.3 Å². The molecule has 6 heteroatoms. The number of rotatable bonds is 9. The van der Waals surface area contributed by atoms with Crippen molar-refractivity contribution in [2.45, 2.75) is 33.1 Å². The highest BCUT2D eigenvalue weighted by atomic mass is 16.5. The van der Waals surface area contributed by atoms with E-state index in [0.717, 1.165) is 31.6 Å². The van der Waals surface area contributed by atoms with Gasteiger partial charge in [0.25, 0.3) is 5.91 Å². The molecule has 20 heavy (non-hydrogen) atoms. The number of aromatic nitrogens is 1. The minimum atomic E-state index is -0.117. The van der Waals surface area contributed by atoms with Crippen molar-refractivity contribution in [3.63, 3.8) is 0 Å². The summed E-state index contributed by atoms with van der Waals surface area (Å²) in [7, 11) is 0. The van der Waals surface area contributed by atoms with E-state index in [9.17, 15) is 4.79 Å². The van der Waals surface area contributed by atoms with Crippen molar-refractivity contribution in [3.05, 3.63) is 23.4 Å². The molecule has 0 bridgehead atoms. The number of hydrazine groups is 1. The zero-order valence-corrected chi connectivity index (χ0v) is 12.2. The third-order valence-electron chi connectivity index (χ3n) is 2.75. The maximum Gasteiger partial charge on any atom is 0.251 e. The third kappa shape index (κ3) is 5.54. The molecular formula is C14H24N4O2. The summed E-state index contributed by atoms with van der Waals surface area (Å²) in [6, 6.07) is 3.42. The molecule has 1 aromatic heterocycles. The van der Waals surface area contributed by atoms with Gasteiger partial charge in [0.2, 0.25) is 0 Å². The van der Waals surface area contributed by atoms with E-state index < -0.39 is 0 Å². The number of pyridine rings is 1. The third-order valence-corrected chi connectivity index (χ3v) is 2.75. The molecule has 6 nitrogen and oxygen atoms in total. The SMILES string of the molecule is CCCOCCCNC(=O)c1cc(CC)nc(NN)c1. The monoisotopic (exact) mass is 280 g/mol. The van der Waals surface area contributed by atoms with Gasteiger partial charge in [-0.25, -0.2) is 10.8 Å². The summed E-state index contributed by atoms with van der Waals surface area (Å²) in [6.45, 7) is 6.08. The number of ether oxygens (including phenoxy) is 1. The largest absolute Gasteiger partial charge is 0.381 e. The van der Waals surface area contributed by atoms with Crippen molar-refractivity contribution in [1.29, 1.82) is 0 Å². The average Bonchev–Trinajstić information content (AvgIpc) is 2.49. The first kappa shape index (κ1) is 16.4. The predicted octanol–water partition coefficient (Wildman–Crippen LogP) is 1.48. The molecule has 112 valence electrons. The first-order valence-corrected chi connectivity index (χ1v) is 7.04. The van der Waals surface area contributed by atoms with Gasteiger partial charge in [0.15, 0.2) is 0 Å². The molecule has 0 radical (unpaired) electrons. The van der Waals surface area contributed by atoms with Gasteiger partial charge in [0, 0.05) is 31.0 Å². The van der Waals surface area contributed by atoms with Crippen LogP contribution in [0, 0.1) is 0 Å². The molecule has 0 atom stereocenters. The van der Waals surface area contributed by atoms with Crippen LogP contribution in [0.1, 0.15) is 42.7 Å². The fourth-order valence-electron chi connectivity index (χ4n) is 1.70. The first-order valence-electron chi connectivity index (χ1n) is 7.04. The Morgan fingerprint density at radius 2 is 2.15 bits per heavy atom. The fourth-order valence-corrected chi connectivity index (χ4v) is 1.70. The molecule has 0 aliphatic heterocycles. The fraction of sp³-hybridized carbons (Fsp3) is 0.571. The van der Waals surface area contributed by atoms with Crippen LogP contribution in [-0.4, -0.2) is 30.6 Å². The van der Waals surface area contributed by atoms with Gasteiger partial charge < -0.3 is 15.5 Å². The number of nitrogens with two attached hydrogens (primary N) is 1. The summed E-state index contributed by atoms with van der Waals surface area (Å²) in [5, 5.41) is 2.86. The molecule has 1 amide bonds. The highest BCUT2D eigenvalue weighted by Gasteiger charge is 2.08. The van der Waals surface area contributed by atoms with Crippen molar-refractivity contribution < 1.29 is 9.53 Å². The minimum absolute atomic E-state index is 0.117. The van der Waals surface area contributed by atoms with E-state index in [2.05, 4.69) is 22.7 Å². The molecule has 0 saturated heterocycles. The summed E-state index contributed by atoms with van der Waals surface area (Å²) in [4.78, 5) is 16.3. The van der Waals surface area contributed by atoms with Crippen LogP contribution in [0.3, 0.4) is 0 Å². The first-order chi connectivity index (χ1) is 9.71. The van der Waals surface area contributed by atoms with E-state index in [1.54, 1.807) is 12.1 Å². The van der Waals surface area contributed by atoms with E-state index in [4.69, 9.17) is 10.6 Å². The van der Waals surface area contributed by atoms with E-state index in [1.165, 1.54) is 0 Å². The molecule has 1 rings (SSSR count). The van der Waals surface area contributed by atoms with E-state index in [-0.39, 0.29) is 5.91 Å². The van der Waals surface area contributed by atoms with Crippen molar-refractivity contribution >= 4 is 11.7 Å². The Morgan fingerprint density at radius 1 is 1.35 bits per heavy atom. The van der Waals surface area contributed by atoms with Crippen LogP contribution in [-0.2, 0) is 11.2 Å². The zero-order chi connectivity index (χ0) is 14.8. The Morgan fingerprint density at radius 3 is 2.80 bits per heavy atom. The summed E-state index contributed by atoms with van der Waals surface area (Å²) < 4.78 is 5.36. The molecule has 1 heterocycles. The van der Waals surface area contributed by atoms with Gasteiger partial charge in [-0.05, 0) is 31.4 Å². The topological polar surface area (TPSA) is 89.3 Å². The van der Waals surface area contributed by atoms with Gasteiger partial charge in [-0.1, -0.05) is 13.8 Å². The van der Waals surface area contributed by atoms with Crippen molar-refractivity contribution in [3.8, 4) is 0 Å². The standard InChI is InChI=1S/C14H24N4O2/c1-3-7-20-8-5-6-16-14(19)11-9-12(4-2)17-13(10-11)18-15/h9-10H,3-8,15H2,1-2H3,(H,16,19)(H,17,18). The van der Waals surface area contributed by atoms with E-state index >= 15 is 0 Å². The van der Waals surface area contributed by atoms with Crippen LogP contribution in [0.15, 0.2) is 12.1 Å². The molecule has 1 aromatic rings. The number of nitrogen functional groups attached to an aromatic ring is 1. The smallest absolute Gasteiger partial charge is 0.251 e. The lowest BCUT2D eigenvalue weighted by Crippen LogP contribution is -2.26. The van der Waals surface area contributed by atoms with Gasteiger partial charge in [-0.2, -0.15) is 0 Å². The van der Waals surface area contributed by atoms with Crippen molar-refractivity contribution in [2.75, 3.05) is 25.2 Å². The molecular weight excluding hydrogens is 256 g/mol. The number of carbonyl (C=O) groups is 1. The number of amides is 1. The number of hydrogen-bond acceptors (Lipinski definition) is 5. The number of aryl methyl sites for hydroxylation is 1. The normalized spacial score (nSPS) is 10.3. The van der Waals surface area contributed by atoms with Gasteiger partial charge in [0.05, 0.1) is 0 Å². The second-order valence-electron chi connectivity index (χ2n) is 4.45. The molecule has 4 N–H and O–H groups in total. The zero-order valence-electron chi connectivity index (χ0n) is 12.2. The molecule has 0 aliphatic carbocycles. The van der Waals surface area contributed by atoms with Crippen molar-refractivity contribution in [2.24, 2.45) is 5.84 Å². The Bertz CT molecular complexity index is 401. The Balaban J connectivity index is 2.46. The lowest BCUT2D eigenvalue weighted by molar-refractivity contribution is 0.0941. The Hall–Kier alpha value is -1.66. The maximum absolute atomic E-state index is 12.0. The van der Waals surface area contributed by atoms with Crippen LogP contribution < -0.4 is 16.6 Å². The molecule has 0 saturated carbocycles. The Kier molecular flexibility index (Phi) is 7.60. The molecule has 0 unspecified atom stereocenters. The molecule has 0 aromatic carbocycles. The van der Waals surface area contributed by atoms with Gasteiger partial charge >= 0.3 is 0 Å². The number of carbonyl (C=O) groups excluding carboxylic acids is 1. The van der Waals surface area contributed by atoms with Gasteiger partial charge in [-0.15, -0.1) is 0 Å². The van der Waals surface area contributed by atoms with Crippen LogP contribution in [0.5, 0.6) is 0 Å². The number of anilines is 1. The van der Waals surface area contributed by atoms with Crippen LogP contribution in [0.25, 0.3) is 0 Å². The summed E-state index contributed by atoms with van der Waals surface area (Å²) in [5.74, 6) is 5.73. The number of hydrogen-bond donors (Lipinski definition) is 3. The van der Waals surface area contributed by atoms with E-state index in [0.29, 0.717) is 24.5 Å². The number of nitrogens with one attached hydrogen (secondary N) is 2. The summed E-state index contributed by atoms with van der Waals surface area (Å²) in [5.41, 5.74) is 3.88. The lowest BCUT2D eigenvalue weighted by atomic mass is 10.2. The van der Waals surface area contributed by atoms with Crippen LogP contribution in [0.4, 0.5) is 5.82 Å². The summed E-state index contributed by atoms with van der Waals surface area (Å²) in [6.07, 6.45) is 2.57. The van der Waals surface area contributed by atoms with Crippen LogP contribution >= 0.6 is 0 Å². The minimum Gasteiger partial charge on any atom is -0.381 e.